The monoisotopic (exact) mass is 481 g/mol. The maximum atomic E-state index is 5.05. The molecule has 1 atom stereocenters. The Morgan fingerprint density at radius 1 is 1.30 bits per heavy atom. The van der Waals surface area contributed by atoms with Crippen LogP contribution in [0.25, 0.3) is 0 Å². The van der Waals surface area contributed by atoms with Crippen molar-refractivity contribution in [1.29, 1.82) is 0 Å². The lowest BCUT2D eigenvalue weighted by Crippen LogP contribution is -2.53. The number of aromatic nitrogens is 2. The number of nitrogens with zero attached hydrogens (tertiary/aromatic N) is 4. The smallest absolute Gasteiger partial charge is 0.223 e. The number of nitrogens with one attached hydrogen (secondary N) is 1. The lowest BCUT2D eigenvalue weighted by molar-refractivity contribution is 0.188. The molecule has 1 N–H and O–H groups in total. The minimum Gasteiger partial charge on any atom is -0.349 e. The second-order valence-electron chi connectivity index (χ2n) is 7.45. The van der Waals surface area contributed by atoms with Crippen LogP contribution in [0.15, 0.2) is 33.8 Å². The van der Waals surface area contributed by atoms with E-state index in [1.165, 1.54) is 37.7 Å². The van der Waals surface area contributed by atoms with Crippen LogP contribution in [0.2, 0.25) is 0 Å². The van der Waals surface area contributed by atoms with Crippen molar-refractivity contribution in [3.8, 4) is 0 Å². The number of aryl methyl sites for hydroxylation is 2. The predicted octanol–water partition coefficient (Wildman–Crippen LogP) is 3.44. The van der Waals surface area contributed by atoms with E-state index < -0.39 is 0 Å². The molecule has 1 saturated heterocycles. The van der Waals surface area contributed by atoms with E-state index in [-0.39, 0.29) is 29.4 Å². The minimum absolute atomic E-state index is 0. The molecule has 0 amide bonds. The summed E-state index contributed by atoms with van der Waals surface area (Å²) in [7, 11) is 1.85. The fourth-order valence-corrected chi connectivity index (χ4v) is 4.65. The van der Waals surface area contributed by atoms with E-state index in [1.54, 1.807) is 12.5 Å². The van der Waals surface area contributed by atoms with Crippen LogP contribution in [0.3, 0.4) is 0 Å². The number of likely N-dealkylation sites (tertiary alicyclic amines) is 1. The van der Waals surface area contributed by atoms with Crippen molar-refractivity contribution in [1.82, 2.24) is 20.4 Å². The van der Waals surface area contributed by atoms with Gasteiger partial charge in [-0.15, -0.1) is 24.0 Å². The molecule has 0 saturated carbocycles. The third-order valence-corrected chi connectivity index (χ3v) is 5.75. The Hall–Kier alpha value is -1.64. The second-order valence-corrected chi connectivity index (χ2v) is 7.45. The average molecular weight is 481 g/mol. The molecule has 1 fully saturated rings. The molecular formula is C20H28IN5O. The summed E-state index contributed by atoms with van der Waals surface area (Å²) in [5.41, 5.74) is 3.35. The van der Waals surface area contributed by atoms with Crippen molar-refractivity contribution in [2.45, 2.75) is 51.0 Å². The molecule has 7 heteroatoms. The molecule has 1 aromatic heterocycles. The summed E-state index contributed by atoms with van der Waals surface area (Å²) in [6, 6.07) is 9.01. The molecule has 6 nitrogen and oxygen atoms in total. The summed E-state index contributed by atoms with van der Waals surface area (Å²) in [5.74, 6) is 2.18. The molecule has 0 radical (unpaired) electrons. The van der Waals surface area contributed by atoms with Crippen molar-refractivity contribution in [2.24, 2.45) is 4.99 Å². The zero-order valence-electron chi connectivity index (χ0n) is 16.1. The lowest BCUT2D eigenvalue weighted by atomic mass is 9.66. The second kappa shape index (κ2) is 8.58. The first-order valence-corrected chi connectivity index (χ1v) is 9.53. The van der Waals surface area contributed by atoms with E-state index in [1.807, 2.05) is 7.05 Å². The number of benzene rings is 1. The number of hydrogen-bond donors (Lipinski definition) is 1. The summed E-state index contributed by atoms with van der Waals surface area (Å²) >= 11 is 0. The van der Waals surface area contributed by atoms with Gasteiger partial charge in [0.05, 0.1) is 6.54 Å². The van der Waals surface area contributed by atoms with Crippen LogP contribution >= 0.6 is 24.0 Å². The Labute approximate surface area is 177 Å². The first kappa shape index (κ1) is 20.1. The van der Waals surface area contributed by atoms with Gasteiger partial charge >= 0.3 is 0 Å². The Morgan fingerprint density at radius 3 is 2.89 bits per heavy atom. The van der Waals surface area contributed by atoms with E-state index in [0.717, 1.165) is 19.0 Å². The summed E-state index contributed by atoms with van der Waals surface area (Å²) < 4.78 is 5.05. The number of rotatable bonds is 2. The number of halogens is 1. The number of piperidine rings is 1. The number of fused-ring (bicyclic) bond motifs is 2. The molecule has 4 rings (SSSR count). The molecule has 2 aliphatic rings. The van der Waals surface area contributed by atoms with Crippen molar-refractivity contribution < 1.29 is 4.52 Å². The largest absolute Gasteiger partial charge is 0.349 e. The molecule has 2 heterocycles. The number of hydrogen-bond acceptors (Lipinski definition) is 4. The standard InChI is InChI=1S/C20H27N5O.HI/c1-15-23-18(24-26-15)13-22-19(21-2)25-12-6-11-20(14-25)10-5-8-16-7-3-4-9-17(16)20;/h3-4,7,9H,5-6,8,10-14H2,1-2H3,(H,21,22);1H. The van der Waals surface area contributed by atoms with Crippen molar-refractivity contribution in [3.63, 3.8) is 0 Å². The third kappa shape index (κ3) is 4.12. The highest BCUT2D eigenvalue weighted by atomic mass is 127. The molecule has 1 spiro atoms. The Bertz CT molecular complexity index is 805. The highest BCUT2D eigenvalue weighted by Gasteiger charge is 2.40. The van der Waals surface area contributed by atoms with Crippen molar-refractivity contribution in [3.05, 3.63) is 47.1 Å². The fourth-order valence-electron chi connectivity index (χ4n) is 4.65. The molecular weight excluding hydrogens is 453 g/mol. The van der Waals surface area contributed by atoms with Gasteiger partial charge in [-0.2, -0.15) is 4.98 Å². The molecule has 1 aliphatic heterocycles. The lowest BCUT2D eigenvalue weighted by Gasteiger charge is -2.47. The van der Waals surface area contributed by atoms with Crippen LogP contribution in [0, 0.1) is 6.92 Å². The summed E-state index contributed by atoms with van der Waals surface area (Å²) in [5, 5.41) is 7.36. The number of aliphatic imine (C=N–C) groups is 1. The molecule has 1 unspecified atom stereocenters. The first-order valence-electron chi connectivity index (χ1n) is 9.53. The highest BCUT2D eigenvalue weighted by molar-refractivity contribution is 14.0. The Kier molecular flexibility index (Phi) is 6.39. The van der Waals surface area contributed by atoms with Crippen molar-refractivity contribution >= 4 is 29.9 Å². The topological polar surface area (TPSA) is 66.5 Å². The molecule has 1 aromatic carbocycles. The van der Waals surface area contributed by atoms with Gasteiger partial charge in [0.15, 0.2) is 11.8 Å². The van der Waals surface area contributed by atoms with Gasteiger partial charge in [0.1, 0.15) is 0 Å². The Morgan fingerprint density at radius 2 is 2.11 bits per heavy atom. The van der Waals surface area contributed by atoms with Gasteiger partial charge < -0.3 is 14.7 Å². The van der Waals surface area contributed by atoms with Crippen LogP contribution < -0.4 is 5.32 Å². The molecule has 0 bridgehead atoms. The van der Waals surface area contributed by atoms with Crippen LogP contribution in [-0.4, -0.2) is 41.1 Å². The van der Waals surface area contributed by atoms with Crippen LogP contribution in [0.4, 0.5) is 0 Å². The molecule has 2 aromatic rings. The van der Waals surface area contributed by atoms with Gasteiger partial charge in [0, 0.05) is 32.5 Å². The van der Waals surface area contributed by atoms with E-state index in [9.17, 15) is 0 Å². The van der Waals surface area contributed by atoms with Gasteiger partial charge in [0.2, 0.25) is 5.89 Å². The minimum atomic E-state index is 0. The van der Waals surface area contributed by atoms with Gasteiger partial charge in [-0.05, 0) is 43.2 Å². The maximum Gasteiger partial charge on any atom is 0.223 e. The van der Waals surface area contributed by atoms with E-state index in [0.29, 0.717) is 18.3 Å². The summed E-state index contributed by atoms with van der Waals surface area (Å²) in [6.07, 6.45) is 6.21. The van der Waals surface area contributed by atoms with Gasteiger partial charge in [-0.25, -0.2) is 0 Å². The van der Waals surface area contributed by atoms with E-state index in [2.05, 4.69) is 49.6 Å². The third-order valence-electron chi connectivity index (χ3n) is 5.75. The molecule has 1 aliphatic carbocycles. The van der Waals surface area contributed by atoms with Crippen LogP contribution in [-0.2, 0) is 18.4 Å². The normalized spacial score (nSPS) is 22.3. The molecule has 146 valence electrons. The maximum absolute atomic E-state index is 5.05. The highest BCUT2D eigenvalue weighted by Crippen LogP contribution is 2.43. The van der Waals surface area contributed by atoms with Gasteiger partial charge in [0.25, 0.3) is 0 Å². The first-order chi connectivity index (χ1) is 12.7. The van der Waals surface area contributed by atoms with Crippen LogP contribution in [0.5, 0.6) is 0 Å². The average Bonchev–Trinajstić information content (AvgIpc) is 3.08. The SMILES string of the molecule is CN=C(NCc1noc(C)n1)N1CCCC2(CCCc3ccccc32)C1.I. The van der Waals surface area contributed by atoms with Gasteiger partial charge in [-0.3, -0.25) is 4.99 Å². The predicted molar refractivity (Wildman–Crippen MR) is 117 cm³/mol. The van der Waals surface area contributed by atoms with E-state index >= 15 is 0 Å². The quantitative estimate of drug-likeness (QED) is 0.405. The van der Waals surface area contributed by atoms with E-state index in [4.69, 9.17) is 4.52 Å². The zero-order valence-corrected chi connectivity index (χ0v) is 18.4. The summed E-state index contributed by atoms with van der Waals surface area (Å²) in [4.78, 5) is 11.2. The fraction of sp³-hybridized carbons (Fsp3) is 0.550. The molecule has 27 heavy (non-hydrogen) atoms. The van der Waals surface area contributed by atoms with Crippen molar-refractivity contribution in [2.75, 3.05) is 20.1 Å². The summed E-state index contributed by atoms with van der Waals surface area (Å²) in [6.45, 7) is 4.40. The number of guanidine groups is 1. The van der Waals surface area contributed by atoms with Gasteiger partial charge in [-0.1, -0.05) is 29.4 Å². The Balaban J connectivity index is 0.00000210. The zero-order chi connectivity index (χ0) is 18.0. The van der Waals surface area contributed by atoms with Crippen LogP contribution in [0.1, 0.15) is 48.5 Å².